The average molecular weight is 233 g/mol. The SMILES string of the molecule is CCCC(C)C(=N)CCCc1cnncc1C. The highest BCUT2D eigenvalue weighted by Crippen LogP contribution is 2.13. The van der Waals surface area contributed by atoms with E-state index in [1.54, 1.807) is 6.20 Å². The Kier molecular flexibility index (Phi) is 5.81. The van der Waals surface area contributed by atoms with Gasteiger partial charge in [-0.15, -0.1) is 0 Å². The topological polar surface area (TPSA) is 49.6 Å². The van der Waals surface area contributed by atoms with Gasteiger partial charge in [-0.3, -0.25) is 0 Å². The fourth-order valence-electron chi connectivity index (χ4n) is 1.99. The van der Waals surface area contributed by atoms with E-state index in [4.69, 9.17) is 5.41 Å². The fraction of sp³-hybridized carbons (Fsp3) is 0.643. The quantitative estimate of drug-likeness (QED) is 0.732. The van der Waals surface area contributed by atoms with Gasteiger partial charge in [0.15, 0.2) is 0 Å². The predicted octanol–water partition coefficient (Wildman–Crippen LogP) is 3.56. The van der Waals surface area contributed by atoms with E-state index in [-0.39, 0.29) is 0 Å². The molecule has 1 unspecified atom stereocenters. The zero-order valence-corrected chi connectivity index (χ0v) is 11.2. The normalized spacial score (nSPS) is 12.4. The number of aryl methyl sites for hydroxylation is 2. The molecule has 0 radical (unpaired) electrons. The maximum atomic E-state index is 7.99. The molecule has 1 N–H and O–H groups in total. The Labute approximate surface area is 104 Å². The molecule has 0 spiro atoms. The first-order chi connectivity index (χ1) is 8.15. The largest absolute Gasteiger partial charge is 0.309 e. The Morgan fingerprint density at radius 1 is 1.35 bits per heavy atom. The molecule has 0 bridgehead atoms. The summed E-state index contributed by atoms with van der Waals surface area (Å²) in [5.74, 6) is 0.441. The minimum Gasteiger partial charge on any atom is -0.309 e. The first-order valence-corrected chi connectivity index (χ1v) is 6.48. The van der Waals surface area contributed by atoms with Gasteiger partial charge in [-0.2, -0.15) is 10.2 Å². The minimum absolute atomic E-state index is 0.441. The molecule has 0 aromatic carbocycles. The molecule has 0 amide bonds. The molecule has 3 heteroatoms. The van der Waals surface area contributed by atoms with E-state index in [2.05, 4.69) is 31.0 Å². The summed E-state index contributed by atoms with van der Waals surface area (Å²) in [6.45, 7) is 6.40. The highest BCUT2D eigenvalue weighted by Gasteiger charge is 2.08. The molecule has 1 atom stereocenters. The van der Waals surface area contributed by atoms with Gasteiger partial charge in [-0.05, 0) is 49.7 Å². The fourth-order valence-corrected chi connectivity index (χ4v) is 1.99. The van der Waals surface area contributed by atoms with Crippen LogP contribution in [-0.2, 0) is 6.42 Å². The van der Waals surface area contributed by atoms with Gasteiger partial charge in [0.05, 0.1) is 12.4 Å². The minimum atomic E-state index is 0.441. The van der Waals surface area contributed by atoms with E-state index < -0.39 is 0 Å². The smallest absolute Gasteiger partial charge is 0.0530 e. The van der Waals surface area contributed by atoms with Crippen LogP contribution in [0.1, 0.15) is 50.7 Å². The second-order valence-corrected chi connectivity index (χ2v) is 4.77. The molecule has 3 nitrogen and oxygen atoms in total. The first kappa shape index (κ1) is 13.8. The van der Waals surface area contributed by atoms with Gasteiger partial charge in [-0.1, -0.05) is 20.3 Å². The van der Waals surface area contributed by atoms with Crippen molar-refractivity contribution in [2.45, 2.75) is 52.9 Å². The highest BCUT2D eigenvalue weighted by molar-refractivity contribution is 5.83. The van der Waals surface area contributed by atoms with Crippen LogP contribution in [-0.4, -0.2) is 15.9 Å². The molecule has 0 saturated carbocycles. The number of hydrogen-bond donors (Lipinski definition) is 1. The third-order valence-corrected chi connectivity index (χ3v) is 3.25. The second-order valence-electron chi connectivity index (χ2n) is 4.77. The zero-order chi connectivity index (χ0) is 12.7. The van der Waals surface area contributed by atoms with Crippen molar-refractivity contribution in [3.8, 4) is 0 Å². The molecule has 17 heavy (non-hydrogen) atoms. The van der Waals surface area contributed by atoms with Gasteiger partial charge in [0.2, 0.25) is 0 Å². The lowest BCUT2D eigenvalue weighted by molar-refractivity contribution is 0.644. The van der Waals surface area contributed by atoms with Crippen LogP contribution in [0.25, 0.3) is 0 Å². The molecular weight excluding hydrogens is 210 g/mol. The van der Waals surface area contributed by atoms with E-state index in [1.807, 2.05) is 6.20 Å². The second kappa shape index (κ2) is 7.15. The van der Waals surface area contributed by atoms with Crippen LogP contribution >= 0.6 is 0 Å². The van der Waals surface area contributed by atoms with Crippen LogP contribution in [0, 0.1) is 18.3 Å². The van der Waals surface area contributed by atoms with Crippen LogP contribution in [0.2, 0.25) is 0 Å². The lowest BCUT2D eigenvalue weighted by Crippen LogP contribution is -2.10. The third-order valence-electron chi connectivity index (χ3n) is 3.25. The van der Waals surface area contributed by atoms with Crippen LogP contribution in [0.5, 0.6) is 0 Å². The van der Waals surface area contributed by atoms with Crippen LogP contribution in [0.4, 0.5) is 0 Å². The zero-order valence-electron chi connectivity index (χ0n) is 11.2. The molecule has 0 aliphatic rings. The Hall–Kier alpha value is -1.25. The van der Waals surface area contributed by atoms with Gasteiger partial charge < -0.3 is 5.41 Å². The monoisotopic (exact) mass is 233 g/mol. The number of aromatic nitrogens is 2. The summed E-state index contributed by atoms with van der Waals surface area (Å²) < 4.78 is 0. The van der Waals surface area contributed by atoms with Gasteiger partial charge in [0.25, 0.3) is 0 Å². The van der Waals surface area contributed by atoms with Crippen molar-refractivity contribution >= 4 is 5.71 Å². The molecule has 0 aliphatic carbocycles. The van der Waals surface area contributed by atoms with Gasteiger partial charge >= 0.3 is 0 Å². The molecule has 1 heterocycles. The Morgan fingerprint density at radius 3 is 2.71 bits per heavy atom. The standard InChI is InChI=1S/C14H23N3/c1-4-6-11(2)14(15)8-5-7-13-10-17-16-9-12(13)3/h9-11,15H,4-8H2,1-3H3. The Bertz CT molecular complexity index is 360. The number of nitrogens with zero attached hydrogens (tertiary/aromatic N) is 2. The average Bonchev–Trinajstić information content (AvgIpc) is 2.31. The van der Waals surface area contributed by atoms with E-state index >= 15 is 0 Å². The van der Waals surface area contributed by atoms with Gasteiger partial charge in [0.1, 0.15) is 0 Å². The Balaban J connectivity index is 2.33. The first-order valence-electron chi connectivity index (χ1n) is 6.48. The molecular formula is C14H23N3. The summed E-state index contributed by atoms with van der Waals surface area (Å²) in [5, 5.41) is 15.7. The van der Waals surface area contributed by atoms with Crippen molar-refractivity contribution in [1.82, 2.24) is 10.2 Å². The van der Waals surface area contributed by atoms with E-state index in [0.717, 1.165) is 37.8 Å². The third kappa shape index (κ3) is 4.63. The molecule has 1 aromatic heterocycles. The van der Waals surface area contributed by atoms with Crippen molar-refractivity contribution in [2.75, 3.05) is 0 Å². The van der Waals surface area contributed by atoms with Crippen molar-refractivity contribution in [3.63, 3.8) is 0 Å². The van der Waals surface area contributed by atoms with Crippen molar-refractivity contribution in [3.05, 3.63) is 23.5 Å². The van der Waals surface area contributed by atoms with Crippen molar-refractivity contribution in [1.29, 1.82) is 5.41 Å². The lowest BCUT2D eigenvalue weighted by Gasteiger charge is -2.12. The van der Waals surface area contributed by atoms with Gasteiger partial charge in [0, 0.05) is 5.71 Å². The van der Waals surface area contributed by atoms with Crippen LogP contribution in [0.15, 0.2) is 12.4 Å². The number of rotatable bonds is 7. The summed E-state index contributed by atoms with van der Waals surface area (Å²) >= 11 is 0. The van der Waals surface area contributed by atoms with E-state index in [0.29, 0.717) is 5.92 Å². The van der Waals surface area contributed by atoms with E-state index in [9.17, 15) is 0 Å². The Morgan fingerprint density at radius 2 is 2.06 bits per heavy atom. The summed E-state index contributed by atoms with van der Waals surface area (Å²) in [5.41, 5.74) is 3.36. The summed E-state index contributed by atoms with van der Waals surface area (Å²) in [4.78, 5) is 0. The van der Waals surface area contributed by atoms with Crippen LogP contribution < -0.4 is 0 Å². The molecule has 1 aromatic rings. The highest BCUT2D eigenvalue weighted by atomic mass is 15.1. The molecule has 1 rings (SSSR count). The maximum Gasteiger partial charge on any atom is 0.0530 e. The van der Waals surface area contributed by atoms with Crippen molar-refractivity contribution in [2.24, 2.45) is 5.92 Å². The maximum absolute atomic E-state index is 7.99. The van der Waals surface area contributed by atoms with Crippen LogP contribution in [0.3, 0.4) is 0 Å². The van der Waals surface area contributed by atoms with Gasteiger partial charge in [-0.25, -0.2) is 0 Å². The molecule has 0 aliphatic heterocycles. The molecule has 0 saturated heterocycles. The lowest BCUT2D eigenvalue weighted by atomic mass is 9.95. The van der Waals surface area contributed by atoms with E-state index in [1.165, 1.54) is 11.1 Å². The number of nitrogens with one attached hydrogen (secondary N) is 1. The molecule has 0 fully saturated rings. The van der Waals surface area contributed by atoms with Crippen molar-refractivity contribution < 1.29 is 0 Å². The molecule has 94 valence electrons. The predicted molar refractivity (Wildman–Crippen MR) is 71.5 cm³/mol. The summed E-state index contributed by atoms with van der Waals surface area (Å²) in [6, 6.07) is 0. The number of hydrogen-bond acceptors (Lipinski definition) is 3. The summed E-state index contributed by atoms with van der Waals surface area (Å²) in [7, 11) is 0. The summed E-state index contributed by atoms with van der Waals surface area (Å²) in [6.07, 6.45) is 8.89.